The number of benzene rings is 2. The van der Waals surface area contributed by atoms with E-state index in [1.54, 1.807) is 23.5 Å². The molecule has 0 radical (unpaired) electrons. The van der Waals surface area contributed by atoms with Crippen molar-refractivity contribution in [2.24, 2.45) is 0 Å². The van der Waals surface area contributed by atoms with E-state index in [0.29, 0.717) is 5.75 Å². The summed E-state index contributed by atoms with van der Waals surface area (Å²) in [4.78, 5) is 13.1. The smallest absolute Gasteiger partial charge is 0.234 e. The highest BCUT2D eigenvalue weighted by molar-refractivity contribution is 7.99. The predicted molar refractivity (Wildman–Crippen MR) is 94.2 cm³/mol. The molecular formula is C17H19NOS2. The van der Waals surface area contributed by atoms with Gasteiger partial charge in [0.15, 0.2) is 0 Å². The van der Waals surface area contributed by atoms with Crippen LogP contribution in [0.3, 0.4) is 0 Å². The Morgan fingerprint density at radius 1 is 1.14 bits per heavy atom. The lowest BCUT2D eigenvalue weighted by Gasteiger charge is -2.07. The number of aryl methyl sites for hydroxylation is 1. The summed E-state index contributed by atoms with van der Waals surface area (Å²) in [7, 11) is 0. The molecule has 0 saturated heterocycles. The minimum atomic E-state index is 0.0471. The fourth-order valence-corrected chi connectivity index (χ4v) is 3.20. The Morgan fingerprint density at radius 3 is 2.71 bits per heavy atom. The second kappa shape index (κ2) is 8.15. The number of nitrogens with one attached hydrogen (secondary N) is 1. The number of anilines is 1. The summed E-state index contributed by atoms with van der Waals surface area (Å²) in [6, 6.07) is 16.3. The second-order valence-electron chi connectivity index (χ2n) is 4.76. The van der Waals surface area contributed by atoms with E-state index in [-0.39, 0.29) is 5.91 Å². The second-order valence-corrected chi connectivity index (χ2v) is 6.63. The third-order valence-corrected chi connectivity index (χ3v) is 4.67. The third kappa shape index (κ3) is 5.48. The van der Waals surface area contributed by atoms with Gasteiger partial charge in [-0.3, -0.25) is 4.79 Å². The van der Waals surface area contributed by atoms with Crippen LogP contribution in [0.25, 0.3) is 0 Å². The van der Waals surface area contributed by atoms with Crippen LogP contribution in [0.4, 0.5) is 5.69 Å². The largest absolute Gasteiger partial charge is 0.325 e. The first-order chi connectivity index (χ1) is 10.2. The van der Waals surface area contributed by atoms with E-state index in [1.807, 2.05) is 30.5 Å². The van der Waals surface area contributed by atoms with Gasteiger partial charge >= 0.3 is 0 Å². The number of carbonyl (C=O) groups is 1. The van der Waals surface area contributed by atoms with Gasteiger partial charge in [-0.1, -0.05) is 35.9 Å². The fourth-order valence-electron chi connectivity index (χ4n) is 1.96. The lowest BCUT2D eigenvalue weighted by atomic mass is 10.2. The zero-order valence-electron chi connectivity index (χ0n) is 12.3. The molecule has 110 valence electrons. The molecule has 1 amide bonds. The molecule has 1 N–H and O–H groups in total. The molecule has 21 heavy (non-hydrogen) atoms. The Labute approximate surface area is 134 Å². The molecule has 2 aromatic carbocycles. The van der Waals surface area contributed by atoms with Crippen LogP contribution in [0.2, 0.25) is 0 Å². The van der Waals surface area contributed by atoms with E-state index < -0.39 is 0 Å². The Hall–Kier alpha value is -1.39. The molecule has 2 aromatic rings. The van der Waals surface area contributed by atoms with Crippen molar-refractivity contribution in [2.45, 2.75) is 17.6 Å². The van der Waals surface area contributed by atoms with Crippen molar-refractivity contribution in [1.82, 2.24) is 0 Å². The summed E-state index contributed by atoms with van der Waals surface area (Å²) in [5, 5.41) is 2.94. The van der Waals surface area contributed by atoms with Gasteiger partial charge in [0, 0.05) is 16.3 Å². The number of thioether (sulfide) groups is 2. The summed E-state index contributed by atoms with van der Waals surface area (Å²) < 4.78 is 0. The predicted octanol–water partition coefficient (Wildman–Crippen LogP) is 4.59. The van der Waals surface area contributed by atoms with Gasteiger partial charge < -0.3 is 5.32 Å². The van der Waals surface area contributed by atoms with Gasteiger partial charge in [0.1, 0.15) is 0 Å². The van der Waals surface area contributed by atoms with E-state index in [0.717, 1.165) is 16.3 Å². The van der Waals surface area contributed by atoms with Crippen molar-refractivity contribution in [3.8, 4) is 0 Å². The van der Waals surface area contributed by atoms with E-state index in [9.17, 15) is 4.79 Å². The summed E-state index contributed by atoms with van der Waals surface area (Å²) in [6.07, 6.45) is 2.03. The molecule has 4 heteroatoms. The molecule has 2 rings (SSSR count). The molecule has 0 spiro atoms. The van der Waals surface area contributed by atoms with Gasteiger partial charge in [-0.25, -0.2) is 0 Å². The van der Waals surface area contributed by atoms with Crippen LogP contribution in [0.1, 0.15) is 11.1 Å². The average Bonchev–Trinajstić information content (AvgIpc) is 2.47. The molecule has 0 saturated carbocycles. The Bertz CT molecular complexity index is 613. The van der Waals surface area contributed by atoms with Crippen LogP contribution >= 0.6 is 23.5 Å². The molecule has 2 nitrogen and oxygen atoms in total. The molecule has 0 heterocycles. The van der Waals surface area contributed by atoms with Gasteiger partial charge in [0.2, 0.25) is 5.91 Å². The van der Waals surface area contributed by atoms with Crippen molar-refractivity contribution in [3.63, 3.8) is 0 Å². The highest BCUT2D eigenvalue weighted by atomic mass is 32.2. The quantitative estimate of drug-likeness (QED) is 0.790. The molecule has 0 bridgehead atoms. The van der Waals surface area contributed by atoms with Crippen LogP contribution in [0.15, 0.2) is 53.4 Å². The van der Waals surface area contributed by atoms with Crippen molar-refractivity contribution < 1.29 is 4.79 Å². The molecule has 0 unspecified atom stereocenters. The monoisotopic (exact) mass is 317 g/mol. The van der Waals surface area contributed by atoms with Crippen molar-refractivity contribution in [1.29, 1.82) is 0 Å². The van der Waals surface area contributed by atoms with Crippen LogP contribution in [0.5, 0.6) is 0 Å². The minimum Gasteiger partial charge on any atom is -0.325 e. The first-order valence-corrected chi connectivity index (χ1v) is 9.12. The Balaban J connectivity index is 1.79. The summed E-state index contributed by atoms with van der Waals surface area (Å²) in [5.74, 6) is 1.38. The van der Waals surface area contributed by atoms with Crippen LogP contribution in [-0.4, -0.2) is 17.9 Å². The highest BCUT2D eigenvalue weighted by Crippen LogP contribution is 2.19. The van der Waals surface area contributed by atoms with Crippen LogP contribution in [-0.2, 0) is 10.5 Å². The van der Waals surface area contributed by atoms with Crippen molar-refractivity contribution in [2.75, 3.05) is 17.3 Å². The maximum Gasteiger partial charge on any atom is 0.234 e. The number of carbonyl (C=O) groups excluding carboxylic acids is 1. The standard InChI is InChI=1S/C17H19NOS2/c1-13-5-3-6-14(9-13)11-21-12-17(19)18-15-7-4-8-16(10-15)20-2/h3-10H,11-12H2,1-2H3,(H,18,19). The lowest BCUT2D eigenvalue weighted by molar-refractivity contribution is -0.113. The third-order valence-electron chi connectivity index (χ3n) is 2.94. The zero-order valence-corrected chi connectivity index (χ0v) is 13.9. The number of hydrogen-bond donors (Lipinski definition) is 1. The Kier molecular flexibility index (Phi) is 6.21. The Morgan fingerprint density at radius 2 is 1.95 bits per heavy atom. The molecule has 0 fully saturated rings. The molecular weight excluding hydrogens is 298 g/mol. The van der Waals surface area contributed by atoms with E-state index >= 15 is 0 Å². The van der Waals surface area contributed by atoms with Crippen molar-refractivity contribution in [3.05, 3.63) is 59.7 Å². The van der Waals surface area contributed by atoms with Crippen molar-refractivity contribution >= 4 is 35.1 Å². The molecule has 0 aliphatic heterocycles. The van der Waals surface area contributed by atoms with Gasteiger partial charge in [-0.15, -0.1) is 23.5 Å². The first kappa shape index (κ1) is 16.0. The summed E-state index contributed by atoms with van der Waals surface area (Å²) in [6.45, 7) is 2.08. The van der Waals surface area contributed by atoms with Gasteiger partial charge in [-0.05, 0) is 36.9 Å². The van der Waals surface area contributed by atoms with E-state index in [1.165, 1.54) is 11.1 Å². The maximum absolute atomic E-state index is 11.9. The van der Waals surface area contributed by atoms with Gasteiger partial charge in [0.05, 0.1) is 5.75 Å². The first-order valence-electron chi connectivity index (χ1n) is 6.74. The van der Waals surface area contributed by atoms with Gasteiger partial charge in [-0.2, -0.15) is 0 Å². The number of hydrogen-bond acceptors (Lipinski definition) is 3. The fraction of sp³-hybridized carbons (Fsp3) is 0.235. The molecule has 0 aliphatic carbocycles. The number of amides is 1. The van der Waals surface area contributed by atoms with E-state index in [4.69, 9.17) is 0 Å². The maximum atomic E-state index is 11.9. The zero-order chi connectivity index (χ0) is 15.1. The summed E-state index contributed by atoms with van der Waals surface area (Å²) in [5.41, 5.74) is 3.38. The topological polar surface area (TPSA) is 29.1 Å². The molecule has 0 aromatic heterocycles. The molecule has 0 aliphatic rings. The minimum absolute atomic E-state index is 0.0471. The van der Waals surface area contributed by atoms with Crippen LogP contribution < -0.4 is 5.32 Å². The van der Waals surface area contributed by atoms with E-state index in [2.05, 4.69) is 36.5 Å². The SMILES string of the molecule is CSc1cccc(NC(=O)CSCc2cccc(C)c2)c1. The number of rotatable bonds is 6. The normalized spacial score (nSPS) is 10.4. The summed E-state index contributed by atoms with van der Waals surface area (Å²) >= 11 is 3.31. The lowest BCUT2D eigenvalue weighted by Crippen LogP contribution is -2.14. The average molecular weight is 317 g/mol. The highest BCUT2D eigenvalue weighted by Gasteiger charge is 2.04. The molecule has 0 atom stereocenters. The van der Waals surface area contributed by atoms with Gasteiger partial charge in [0.25, 0.3) is 0 Å². The van der Waals surface area contributed by atoms with Crippen LogP contribution in [0, 0.1) is 6.92 Å².